The van der Waals surface area contributed by atoms with Crippen LogP contribution >= 0.6 is 0 Å². The minimum atomic E-state index is -4.16. The van der Waals surface area contributed by atoms with E-state index in [0.717, 1.165) is 0 Å². The molecule has 62 valence electrons. The third kappa shape index (κ3) is 7.71. The van der Waals surface area contributed by atoms with Crippen molar-refractivity contribution in [2.24, 2.45) is 0 Å². The van der Waals surface area contributed by atoms with Gasteiger partial charge >= 0.3 is 6.18 Å². The maximum atomic E-state index is 11.3. The highest BCUT2D eigenvalue weighted by Gasteiger charge is 2.26. The van der Waals surface area contributed by atoms with Gasteiger partial charge in [-0.1, -0.05) is 0 Å². The van der Waals surface area contributed by atoms with Gasteiger partial charge in [-0.15, -0.1) is 0 Å². The first-order valence-corrected chi connectivity index (χ1v) is 2.81. The fourth-order valence-corrected chi connectivity index (χ4v) is 0.355. The molecule has 2 nitrogen and oxygen atoms in total. The molecule has 0 heterocycles. The molecular formula is C5H9F3O2. The van der Waals surface area contributed by atoms with E-state index in [9.17, 15) is 13.2 Å². The van der Waals surface area contributed by atoms with E-state index in [-0.39, 0.29) is 19.8 Å². The van der Waals surface area contributed by atoms with E-state index in [4.69, 9.17) is 5.11 Å². The minimum Gasteiger partial charge on any atom is -0.394 e. The van der Waals surface area contributed by atoms with Crippen LogP contribution in [0.4, 0.5) is 13.2 Å². The quantitative estimate of drug-likeness (QED) is 0.617. The van der Waals surface area contributed by atoms with Gasteiger partial charge in [-0.25, -0.2) is 0 Å². The molecule has 0 aromatic carbocycles. The lowest BCUT2D eigenvalue weighted by atomic mass is 10.4. The number of aliphatic hydroxyl groups is 1. The zero-order chi connectivity index (χ0) is 8.04. The molecule has 0 bridgehead atoms. The Labute approximate surface area is 56.6 Å². The summed E-state index contributed by atoms with van der Waals surface area (Å²) in [7, 11) is 0. The fourth-order valence-electron chi connectivity index (χ4n) is 0.355. The maximum Gasteiger partial charge on any atom is 0.391 e. The van der Waals surface area contributed by atoms with Gasteiger partial charge in [0.25, 0.3) is 0 Å². The van der Waals surface area contributed by atoms with Gasteiger partial charge in [-0.05, 0) is 0 Å². The maximum absolute atomic E-state index is 11.3. The lowest BCUT2D eigenvalue weighted by molar-refractivity contribution is -0.145. The van der Waals surface area contributed by atoms with E-state index < -0.39 is 12.6 Å². The lowest BCUT2D eigenvalue weighted by Gasteiger charge is -2.05. The number of rotatable bonds is 4. The van der Waals surface area contributed by atoms with Gasteiger partial charge in [0.2, 0.25) is 0 Å². The van der Waals surface area contributed by atoms with Crippen LogP contribution < -0.4 is 0 Å². The molecule has 5 heteroatoms. The summed E-state index contributed by atoms with van der Waals surface area (Å²) in [5, 5.41) is 8.09. The minimum absolute atomic E-state index is 0.0317. The number of aliphatic hydroxyl groups excluding tert-OH is 1. The zero-order valence-corrected chi connectivity index (χ0v) is 5.32. The van der Waals surface area contributed by atoms with E-state index in [1.165, 1.54) is 0 Å². The third-order valence-corrected chi connectivity index (χ3v) is 0.765. The van der Waals surface area contributed by atoms with Crippen LogP contribution in [0.2, 0.25) is 0 Å². The average Bonchev–Trinajstić information content (AvgIpc) is 1.78. The van der Waals surface area contributed by atoms with Gasteiger partial charge in [0, 0.05) is 0 Å². The van der Waals surface area contributed by atoms with Crippen LogP contribution in [0.15, 0.2) is 0 Å². The lowest BCUT2D eigenvalue weighted by Crippen LogP contribution is -2.12. The first-order valence-electron chi connectivity index (χ1n) is 2.81. The molecule has 0 amide bonds. The molecule has 1 N–H and O–H groups in total. The van der Waals surface area contributed by atoms with Gasteiger partial charge in [-0.3, -0.25) is 0 Å². The molecule has 0 aromatic heterocycles. The number of halogens is 3. The molecule has 0 saturated heterocycles. The SMILES string of the molecule is OCCOCCC(F)(F)F. The fraction of sp³-hybridized carbons (Fsp3) is 1.00. The second-order valence-corrected chi connectivity index (χ2v) is 1.70. The van der Waals surface area contributed by atoms with Crippen LogP contribution in [-0.4, -0.2) is 31.1 Å². The van der Waals surface area contributed by atoms with Crippen LogP contribution in [0.5, 0.6) is 0 Å². The first-order chi connectivity index (χ1) is 4.56. The van der Waals surface area contributed by atoms with E-state index in [0.29, 0.717) is 0 Å². The summed E-state index contributed by atoms with van der Waals surface area (Å²) in [4.78, 5) is 0. The van der Waals surface area contributed by atoms with Crippen molar-refractivity contribution in [3.63, 3.8) is 0 Å². The van der Waals surface area contributed by atoms with Crippen LogP contribution in [0.25, 0.3) is 0 Å². The van der Waals surface area contributed by atoms with Crippen LogP contribution in [-0.2, 0) is 4.74 Å². The molecule has 0 unspecified atom stereocenters. The monoisotopic (exact) mass is 158 g/mol. The Morgan fingerprint density at radius 1 is 1.20 bits per heavy atom. The van der Waals surface area contributed by atoms with Crippen molar-refractivity contribution in [3.05, 3.63) is 0 Å². The van der Waals surface area contributed by atoms with Gasteiger partial charge in [0.05, 0.1) is 26.2 Å². The van der Waals surface area contributed by atoms with Gasteiger partial charge in [0.15, 0.2) is 0 Å². The highest BCUT2D eigenvalue weighted by atomic mass is 19.4. The van der Waals surface area contributed by atoms with E-state index in [1.807, 2.05) is 0 Å². The van der Waals surface area contributed by atoms with Crippen molar-refractivity contribution in [1.29, 1.82) is 0 Å². The summed E-state index contributed by atoms with van der Waals surface area (Å²) in [5.74, 6) is 0. The van der Waals surface area contributed by atoms with Gasteiger partial charge in [0.1, 0.15) is 0 Å². The van der Waals surface area contributed by atoms with Crippen molar-refractivity contribution < 1.29 is 23.0 Å². The second kappa shape index (κ2) is 4.51. The summed E-state index contributed by atoms with van der Waals surface area (Å²) in [6.45, 7) is -0.641. The molecule has 0 rings (SSSR count). The normalized spacial score (nSPS) is 12.0. The molecule has 0 fully saturated rings. The van der Waals surface area contributed by atoms with Crippen molar-refractivity contribution >= 4 is 0 Å². The summed E-state index contributed by atoms with van der Waals surface area (Å²) in [6, 6.07) is 0. The summed E-state index contributed by atoms with van der Waals surface area (Å²) in [5.41, 5.74) is 0. The number of ether oxygens (including phenoxy) is 1. The zero-order valence-electron chi connectivity index (χ0n) is 5.32. The third-order valence-electron chi connectivity index (χ3n) is 0.765. The molecule has 0 radical (unpaired) electrons. The van der Waals surface area contributed by atoms with Crippen molar-refractivity contribution in [2.45, 2.75) is 12.6 Å². The largest absolute Gasteiger partial charge is 0.394 e. The highest BCUT2D eigenvalue weighted by molar-refractivity contribution is 4.47. The Balaban J connectivity index is 3.04. The molecular weight excluding hydrogens is 149 g/mol. The summed E-state index contributed by atoms with van der Waals surface area (Å²) in [6.07, 6.45) is -5.11. The molecule has 0 aromatic rings. The Bertz CT molecular complexity index is 81.5. The van der Waals surface area contributed by atoms with E-state index >= 15 is 0 Å². The van der Waals surface area contributed by atoms with Crippen molar-refractivity contribution in [1.82, 2.24) is 0 Å². The Morgan fingerprint density at radius 3 is 2.20 bits per heavy atom. The van der Waals surface area contributed by atoms with Gasteiger partial charge in [-0.2, -0.15) is 13.2 Å². The van der Waals surface area contributed by atoms with Gasteiger partial charge < -0.3 is 9.84 Å². The molecule has 0 aliphatic heterocycles. The first kappa shape index (κ1) is 9.71. The van der Waals surface area contributed by atoms with Crippen molar-refractivity contribution in [2.75, 3.05) is 19.8 Å². The van der Waals surface area contributed by atoms with Crippen LogP contribution in [0.3, 0.4) is 0 Å². The van der Waals surface area contributed by atoms with Crippen LogP contribution in [0.1, 0.15) is 6.42 Å². The Hall–Kier alpha value is -0.290. The summed E-state index contributed by atoms with van der Waals surface area (Å²) >= 11 is 0. The predicted molar refractivity (Wildman–Crippen MR) is 28.6 cm³/mol. The second-order valence-electron chi connectivity index (χ2n) is 1.70. The average molecular weight is 158 g/mol. The number of hydrogen-bond acceptors (Lipinski definition) is 2. The van der Waals surface area contributed by atoms with E-state index in [2.05, 4.69) is 4.74 Å². The predicted octanol–water partition coefficient (Wildman–Crippen LogP) is 0.948. The smallest absolute Gasteiger partial charge is 0.391 e. The molecule has 0 atom stereocenters. The standard InChI is InChI=1S/C5H9F3O2/c6-5(7,8)1-3-10-4-2-9/h9H,1-4H2. The molecule has 0 aliphatic carbocycles. The van der Waals surface area contributed by atoms with Crippen molar-refractivity contribution in [3.8, 4) is 0 Å². The highest BCUT2D eigenvalue weighted by Crippen LogP contribution is 2.18. The molecule has 0 saturated carbocycles. The Morgan fingerprint density at radius 2 is 1.80 bits per heavy atom. The Kier molecular flexibility index (Phi) is 4.38. The number of hydrogen-bond donors (Lipinski definition) is 1. The molecule has 0 spiro atoms. The number of alkyl halides is 3. The van der Waals surface area contributed by atoms with E-state index in [1.54, 1.807) is 0 Å². The molecule has 10 heavy (non-hydrogen) atoms. The molecule has 0 aliphatic rings. The summed E-state index contributed by atoms with van der Waals surface area (Å²) < 4.78 is 38.4. The topological polar surface area (TPSA) is 29.5 Å². The van der Waals surface area contributed by atoms with Crippen LogP contribution in [0, 0.1) is 0 Å².